The number of carboxylic acid groups (broad SMARTS) is 1. The van der Waals surface area contributed by atoms with Crippen molar-refractivity contribution in [3.8, 4) is 0 Å². The smallest absolute Gasteiger partial charge is 0.325 e. The number of nitrogens with zero attached hydrogens (tertiary/aromatic N) is 1. The van der Waals surface area contributed by atoms with Crippen LogP contribution >= 0.6 is 0 Å². The lowest BCUT2D eigenvalue weighted by molar-refractivity contribution is -0.142. The highest BCUT2D eigenvalue weighted by atomic mass is 16.4. The first-order chi connectivity index (χ1) is 7.07. The van der Waals surface area contributed by atoms with Crippen LogP contribution in [0.2, 0.25) is 0 Å². The molecule has 0 spiro atoms. The first-order valence-electron chi connectivity index (χ1n) is 5.05. The van der Waals surface area contributed by atoms with Crippen molar-refractivity contribution in [1.82, 2.24) is 4.90 Å². The minimum atomic E-state index is -0.805. The number of aliphatic carboxylic acids is 1. The normalized spacial score (nSPS) is 12.8. The first-order valence-corrected chi connectivity index (χ1v) is 5.05. The maximum atomic E-state index is 11.2. The monoisotopic (exact) mass is 207 g/mol. The van der Waals surface area contributed by atoms with E-state index in [1.807, 2.05) is 31.2 Å². The lowest BCUT2D eigenvalue weighted by Gasteiger charge is -2.22. The summed E-state index contributed by atoms with van der Waals surface area (Å²) >= 11 is 0. The number of rotatable bonds is 4. The third kappa shape index (κ3) is 2.57. The van der Waals surface area contributed by atoms with E-state index in [2.05, 4.69) is 0 Å². The molecule has 1 atom stereocenters. The fourth-order valence-electron chi connectivity index (χ4n) is 1.76. The zero-order valence-corrected chi connectivity index (χ0v) is 9.40. The Morgan fingerprint density at radius 2 is 2.00 bits per heavy atom. The van der Waals surface area contributed by atoms with Gasteiger partial charge < -0.3 is 5.11 Å². The van der Waals surface area contributed by atoms with E-state index in [-0.39, 0.29) is 0 Å². The molecule has 0 radical (unpaired) electrons. The lowest BCUT2D eigenvalue weighted by atomic mass is 9.98. The number of benzene rings is 1. The van der Waals surface area contributed by atoms with E-state index in [9.17, 15) is 9.90 Å². The van der Waals surface area contributed by atoms with Gasteiger partial charge in [0.05, 0.1) is 0 Å². The van der Waals surface area contributed by atoms with Gasteiger partial charge in [0, 0.05) is 0 Å². The highest BCUT2D eigenvalue weighted by molar-refractivity contribution is 5.76. The Bertz CT molecular complexity index is 347. The largest absolute Gasteiger partial charge is 0.480 e. The molecule has 1 rings (SSSR count). The Morgan fingerprint density at radius 3 is 2.47 bits per heavy atom. The summed E-state index contributed by atoms with van der Waals surface area (Å²) in [6.07, 6.45) is 0.855. The van der Waals surface area contributed by atoms with Crippen LogP contribution in [0.4, 0.5) is 0 Å². The number of carbonyl (C=O) groups is 1. The third-order valence-electron chi connectivity index (χ3n) is 2.48. The summed E-state index contributed by atoms with van der Waals surface area (Å²) in [6, 6.07) is 7.14. The zero-order chi connectivity index (χ0) is 11.4. The molecule has 3 heteroatoms. The van der Waals surface area contributed by atoms with Gasteiger partial charge >= 0.3 is 5.97 Å². The highest BCUT2D eigenvalue weighted by Gasteiger charge is 2.23. The topological polar surface area (TPSA) is 40.5 Å². The maximum absolute atomic E-state index is 11.2. The minimum Gasteiger partial charge on any atom is -0.480 e. The standard InChI is InChI=1S/C12H17NO2/c1-4-9-7-5-6-8-10(9)11(12(14)15)13(2)3/h5-8,11H,4H2,1-3H3,(H,14,15). The van der Waals surface area contributed by atoms with Crippen molar-refractivity contribution in [2.45, 2.75) is 19.4 Å². The number of likely N-dealkylation sites (N-methyl/N-ethyl adjacent to an activating group) is 1. The summed E-state index contributed by atoms with van der Waals surface area (Å²) in [4.78, 5) is 12.9. The Morgan fingerprint density at radius 1 is 1.40 bits per heavy atom. The summed E-state index contributed by atoms with van der Waals surface area (Å²) < 4.78 is 0. The number of hydrogen-bond donors (Lipinski definition) is 1. The van der Waals surface area contributed by atoms with Gasteiger partial charge in [-0.2, -0.15) is 0 Å². The van der Waals surface area contributed by atoms with E-state index in [0.717, 1.165) is 17.5 Å². The van der Waals surface area contributed by atoms with E-state index < -0.39 is 12.0 Å². The molecule has 3 nitrogen and oxygen atoms in total. The Labute approximate surface area is 90.3 Å². The number of carboxylic acids is 1. The summed E-state index contributed by atoms with van der Waals surface area (Å²) in [7, 11) is 3.57. The fraction of sp³-hybridized carbons (Fsp3) is 0.417. The second kappa shape index (κ2) is 4.94. The summed E-state index contributed by atoms with van der Waals surface area (Å²) in [5.41, 5.74) is 1.98. The minimum absolute atomic E-state index is 0.554. The van der Waals surface area contributed by atoms with Gasteiger partial charge in [-0.1, -0.05) is 31.2 Å². The molecule has 0 heterocycles. The summed E-state index contributed by atoms with van der Waals surface area (Å²) in [6.45, 7) is 2.04. The van der Waals surface area contributed by atoms with Crippen molar-refractivity contribution in [3.63, 3.8) is 0 Å². The molecule has 1 aromatic rings. The molecular formula is C12H17NO2. The Balaban J connectivity index is 3.16. The molecule has 0 bridgehead atoms. The van der Waals surface area contributed by atoms with Crippen molar-refractivity contribution in [1.29, 1.82) is 0 Å². The fourth-order valence-corrected chi connectivity index (χ4v) is 1.76. The third-order valence-corrected chi connectivity index (χ3v) is 2.48. The van der Waals surface area contributed by atoms with Crippen LogP contribution in [0.3, 0.4) is 0 Å². The second-order valence-corrected chi connectivity index (χ2v) is 3.76. The molecule has 0 aliphatic rings. The van der Waals surface area contributed by atoms with Crippen LogP contribution in [0.1, 0.15) is 24.1 Å². The molecule has 1 unspecified atom stereocenters. The number of hydrogen-bond acceptors (Lipinski definition) is 2. The molecule has 0 aliphatic carbocycles. The quantitative estimate of drug-likeness (QED) is 0.820. The molecule has 0 amide bonds. The van der Waals surface area contributed by atoms with Crippen LogP contribution in [-0.4, -0.2) is 30.1 Å². The molecule has 1 aromatic carbocycles. The van der Waals surface area contributed by atoms with Crippen molar-refractivity contribution in [2.75, 3.05) is 14.1 Å². The SMILES string of the molecule is CCc1ccccc1C(C(=O)O)N(C)C. The van der Waals surface area contributed by atoms with E-state index in [4.69, 9.17) is 0 Å². The average molecular weight is 207 g/mol. The summed E-state index contributed by atoms with van der Waals surface area (Å²) in [5.74, 6) is -0.805. The predicted octanol–water partition coefficient (Wildman–Crippen LogP) is 1.94. The van der Waals surface area contributed by atoms with Gasteiger partial charge in [0.25, 0.3) is 0 Å². The van der Waals surface area contributed by atoms with Gasteiger partial charge in [0.1, 0.15) is 6.04 Å². The molecular weight excluding hydrogens is 190 g/mol. The van der Waals surface area contributed by atoms with Gasteiger partial charge in [-0.15, -0.1) is 0 Å². The molecule has 1 N–H and O–H groups in total. The van der Waals surface area contributed by atoms with Crippen molar-refractivity contribution in [3.05, 3.63) is 35.4 Å². The first kappa shape index (κ1) is 11.7. The van der Waals surface area contributed by atoms with Crippen LogP contribution in [0.15, 0.2) is 24.3 Å². The molecule has 82 valence electrons. The second-order valence-electron chi connectivity index (χ2n) is 3.76. The van der Waals surface area contributed by atoms with Crippen LogP contribution in [-0.2, 0) is 11.2 Å². The van der Waals surface area contributed by atoms with Crippen LogP contribution < -0.4 is 0 Å². The van der Waals surface area contributed by atoms with Crippen LogP contribution in [0, 0.1) is 0 Å². The average Bonchev–Trinajstić information content (AvgIpc) is 2.17. The van der Waals surface area contributed by atoms with Gasteiger partial charge in [0.15, 0.2) is 0 Å². The van der Waals surface area contributed by atoms with Gasteiger partial charge in [-0.25, -0.2) is 0 Å². The summed E-state index contributed by atoms with van der Waals surface area (Å²) in [5, 5.41) is 9.18. The maximum Gasteiger partial charge on any atom is 0.325 e. The predicted molar refractivity (Wildman–Crippen MR) is 59.9 cm³/mol. The van der Waals surface area contributed by atoms with Gasteiger partial charge in [-0.05, 0) is 31.6 Å². The van der Waals surface area contributed by atoms with Crippen LogP contribution in [0.5, 0.6) is 0 Å². The molecule has 0 aromatic heterocycles. The van der Waals surface area contributed by atoms with Crippen molar-refractivity contribution < 1.29 is 9.90 Å². The molecule has 0 saturated carbocycles. The highest BCUT2D eigenvalue weighted by Crippen LogP contribution is 2.22. The van der Waals surface area contributed by atoms with E-state index in [1.54, 1.807) is 19.0 Å². The van der Waals surface area contributed by atoms with E-state index in [0.29, 0.717) is 0 Å². The molecule has 0 aliphatic heterocycles. The molecule has 0 saturated heterocycles. The molecule has 15 heavy (non-hydrogen) atoms. The lowest BCUT2D eigenvalue weighted by Crippen LogP contribution is -2.28. The Kier molecular flexibility index (Phi) is 3.86. The van der Waals surface area contributed by atoms with E-state index >= 15 is 0 Å². The van der Waals surface area contributed by atoms with E-state index in [1.165, 1.54) is 0 Å². The van der Waals surface area contributed by atoms with Crippen LogP contribution in [0.25, 0.3) is 0 Å². The zero-order valence-electron chi connectivity index (χ0n) is 9.40. The Hall–Kier alpha value is -1.35. The number of aryl methyl sites for hydroxylation is 1. The van der Waals surface area contributed by atoms with Crippen molar-refractivity contribution in [2.24, 2.45) is 0 Å². The van der Waals surface area contributed by atoms with Crippen molar-refractivity contribution >= 4 is 5.97 Å². The molecule has 0 fully saturated rings. The van der Waals surface area contributed by atoms with Gasteiger partial charge in [-0.3, -0.25) is 9.69 Å². The van der Waals surface area contributed by atoms with Gasteiger partial charge in [0.2, 0.25) is 0 Å².